The molecule has 9 nitrogen and oxygen atoms in total. The molecule has 0 spiro atoms. The highest BCUT2D eigenvalue weighted by atomic mass is 32.1. The first-order valence-electron chi connectivity index (χ1n) is 12.0. The zero-order chi connectivity index (χ0) is 27.6. The maximum Gasteiger partial charge on any atom is 0.348 e. The van der Waals surface area contributed by atoms with Gasteiger partial charge in [0.05, 0.1) is 24.4 Å². The molecule has 0 saturated carbocycles. The lowest BCUT2D eigenvalue weighted by molar-refractivity contribution is -0.116. The lowest BCUT2D eigenvalue weighted by atomic mass is 10.0. The van der Waals surface area contributed by atoms with Gasteiger partial charge in [-0.2, -0.15) is 0 Å². The van der Waals surface area contributed by atoms with Crippen molar-refractivity contribution in [3.8, 4) is 11.1 Å². The molecule has 11 heteroatoms. The van der Waals surface area contributed by atoms with E-state index in [9.17, 15) is 19.2 Å². The molecule has 4 rings (SSSR count). The Balaban J connectivity index is 1.62. The van der Waals surface area contributed by atoms with Gasteiger partial charge < -0.3 is 14.8 Å². The number of carbonyl (C=O) groups is 3. The Bertz CT molecular complexity index is 1580. The number of hydrogen-bond donors (Lipinski definition) is 1. The molecule has 3 heterocycles. The van der Waals surface area contributed by atoms with E-state index in [-0.39, 0.29) is 30.2 Å². The van der Waals surface area contributed by atoms with Crippen molar-refractivity contribution >= 4 is 55.7 Å². The van der Waals surface area contributed by atoms with Crippen molar-refractivity contribution in [3.63, 3.8) is 0 Å². The molecule has 0 bridgehead atoms. The van der Waals surface area contributed by atoms with Crippen LogP contribution < -0.4 is 10.9 Å². The van der Waals surface area contributed by atoms with E-state index in [1.54, 1.807) is 33.1 Å². The van der Waals surface area contributed by atoms with Crippen LogP contribution in [-0.2, 0) is 20.8 Å². The van der Waals surface area contributed by atoms with Crippen LogP contribution >= 0.6 is 22.7 Å². The van der Waals surface area contributed by atoms with Crippen molar-refractivity contribution in [2.24, 2.45) is 0 Å². The molecule has 4 aromatic rings. The Labute approximate surface area is 227 Å². The highest BCUT2D eigenvalue weighted by Gasteiger charge is 2.24. The molecule has 0 atom stereocenters. The molecule has 0 radical (unpaired) electrons. The summed E-state index contributed by atoms with van der Waals surface area (Å²) in [5.74, 6) is -1.57. The molecule has 0 aliphatic carbocycles. The minimum atomic E-state index is -0.547. The van der Waals surface area contributed by atoms with Crippen molar-refractivity contribution in [1.82, 2.24) is 9.55 Å². The number of esters is 2. The molecular formula is C27H27N3O6S2. The summed E-state index contributed by atoms with van der Waals surface area (Å²) in [7, 11) is 0. The SMILES string of the molecule is CCOC(=O)c1c(-c2ccc(C)cc2)csc1NC(=O)Cn1cnc2sc(C(=O)OC(C)C)c(C)c2c1=O. The summed E-state index contributed by atoms with van der Waals surface area (Å²) in [4.78, 5) is 56.4. The Morgan fingerprint density at radius 1 is 1.11 bits per heavy atom. The van der Waals surface area contributed by atoms with Gasteiger partial charge >= 0.3 is 11.9 Å². The van der Waals surface area contributed by atoms with Crippen LogP contribution in [0.3, 0.4) is 0 Å². The predicted octanol–water partition coefficient (Wildman–Crippen LogP) is 5.18. The second-order valence-corrected chi connectivity index (χ2v) is 10.7. The van der Waals surface area contributed by atoms with Crippen LogP contribution in [0.2, 0.25) is 0 Å². The van der Waals surface area contributed by atoms with E-state index < -0.39 is 23.4 Å². The van der Waals surface area contributed by atoms with Crippen LogP contribution in [0.1, 0.15) is 51.9 Å². The molecule has 0 fully saturated rings. The zero-order valence-corrected chi connectivity index (χ0v) is 23.2. The molecule has 3 aromatic heterocycles. The van der Waals surface area contributed by atoms with Gasteiger partial charge in [-0.15, -0.1) is 22.7 Å². The third-order valence-electron chi connectivity index (χ3n) is 5.65. The average molecular weight is 554 g/mol. The number of ether oxygens (including phenoxy) is 2. The maximum absolute atomic E-state index is 13.2. The Morgan fingerprint density at radius 3 is 2.47 bits per heavy atom. The molecule has 0 unspecified atom stereocenters. The number of amides is 1. The number of aryl methyl sites for hydroxylation is 2. The number of thiophene rings is 2. The van der Waals surface area contributed by atoms with Crippen LogP contribution in [0.15, 0.2) is 40.8 Å². The lowest BCUT2D eigenvalue weighted by Crippen LogP contribution is -2.28. The fraction of sp³-hybridized carbons (Fsp3) is 0.296. The van der Waals surface area contributed by atoms with E-state index in [0.717, 1.165) is 22.5 Å². The fourth-order valence-electron chi connectivity index (χ4n) is 3.86. The summed E-state index contributed by atoms with van der Waals surface area (Å²) in [6.45, 7) is 8.69. The van der Waals surface area contributed by atoms with Crippen molar-refractivity contribution < 1.29 is 23.9 Å². The van der Waals surface area contributed by atoms with Gasteiger partial charge in [0, 0.05) is 10.9 Å². The number of nitrogens with zero attached hydrogens (tertiary/aromatic N) is 2. The first-order chi connectivity index (χ1) is 18.1. The van der Waals surface area contributed by atoms with E-state index in [0.29, 0.717) is 25.8 Å². The first-order valence-corrected chi connectivity index (χ1v) is 13.6. The second kappa shape index (κ2) is 11.3. The average Bonchev–Trinajstić information content (AvgIpc) is 3.42. The summed E-state index contributed by atoms with van der Waals surface area (Å²) in [5.41, 5.74) is 2.83. The van der Waals surface area contributed by atoms with Crippen LogP contribution in [-0.4, -0.2) is 40.1 Å². The molecular weight excluding hydrogens is 526 g/mol. The highest BCUT2D eigenvalue weighted by Crippen LogP contribution is 2.36. The topological polar surface area (TPSA) is 117 Å². The van der Waals surface area contributed by atoms with Gasteiger partial charge in [0.15, 0.2) is 0 Å². The highest BCUT2D eigenvalue weighted by molar-refractivity contribution is 7.20. The summed E-state index contributed by atoms with van der Waals surface area (Å²) >= 11 is 2.28. The Hall–Kier alpha value is -3.83. The Kier molecular flexibility index (Phi) is 8.08. The number of hydrogen-bond acceptors (Lipinski definition) is 9. The van der Waals surface area contributed by atoms with E-state index in [2.05, 4.69) is 10.3 Å². The number of benzene rings is 1. The van der Waals surface area contributed by atoms with Crippen LogP contribution in [0, 0.1) is 13.8 Å². The second-order valence-electron chi connectivity index (χ2n) is 8.86. The molecule has 0 aliphatic rings. The van der Waals surface area contributed by atoms with Gasteiger partial charge in [-0.25, -0.2) is 14.6 Å². The normalized spacial score (nSPS) is 11.1. The van der Waals surface area contributed by atoms with Gasteiger partial charge in [-0.1, -0.05) is 29.8 Å². The van der Waals surface area contributed by atoms with Crippen LogP contribution in [0.25, 0.3) is 21.3 Å². The molecule has 38 heavy (non-hydrogen) atoms. The minimum Gasteiger partial charge on any atom is -0.462 e. The molecule has 198 valence electrons. The van der Waals surface area contributed by atoms with Crippen molar-refractivity contribution in [2.45, 2.75) is 47.3 Å². The number of nitrogens with one attached hydrogen (secondary N) is 1. The number of rotatable bonds is 8. The van der Waals surface area contributed by atoms with Crippen molar-refractivity contribution in [2.75, 3.05) is 11.9 Å². The Morgan fingerprint density at radius 2 is 1.82 bits per heavy atom. The smallest absolute Gasteiger partial charge is 0.348 e. The zero-order valence-electron chi connectivity index (χ0n) is 21.6. The number of carbonyl (C=O) groups excluding carboxylic acids is 3. The molecule has 0 saturated heterocycles. The summed E-state index contributed by atoms with van der Waals surface area (Å²) in [5, 5.41) is 5.14. The fourth-order valence-corrected chi connectivity index (χ4v) is 5.85. The number of anilines is 1. The minimum absolute atomic E-state index is 0.184. The number of aromatic nitrogens is 2. The van der Waals surface area contributed by atoms with E-state index >= 15 is 0 Å². The quantitative estimate of drug-likeness (QED) is 0.299. The molecule has 1 amide bonds. The van der Waals surface area contributed by atoms with Crippen LogP contribution in [0.4, 0.5) is 5.00 Å². The third kappa shape index (κ3) is 5.53. The molecule has 0 aliphatic heterocycles. The van der Waals surface area contributed by atoms with Gasteiger partial charge in [-0.3, -0.25) is 14.2 Å². The first kappa shape index (κ1) is 27.2. The van der Waals surface area contributed by atoms with Gasteiger partial charge in [-0.05, 0) is 45.7 Å². The monoisotopic (exact) mass is 553 g/mol. The van der Waals surface area contributed by atoms with E-state index in [1.807, 2.05) is 31.2 Å². The summed E-state index contributed by atoms with van der Waals surface area (Å²) < 4.78 is 11.7. The van der Waals surface area contributed by atoms with Crippen molar-refractivity contribution in [3.05, 3.63) is 67.9 Å². The van der Waals surface area contributed by atoms with Crippen molar-refractivity contribution in [1.29, 1.82) is 0 Å². The summed E-state index contributed by atoms with van der Waals surface area (Å²) in [6, 6.07) is 7.69. The van der Waals surface area contributed by atoms with E-state index in [1.165, 1.54) is 22.2 Å². The molecule has 1 aromatic carbocycles. The van der Waals surface area contributed by atoms with E-state index in [4.69, 9.17) is 9.47 Å². The maximum atomic E-state index is 13.2. The predicted molar refractivity (Wildman–Crippen MR) is 148 cm³/mol. The number of fused-ring (bicyclic) bond motifs is 1. The third-order valence-corrected chi connectivity index (χ3v) is 7.72. The molecule has 1 N–H and O–H groups in total. The van der Waals surface area contributed by atoms with Crippen LogP contribution in [0.5, 0.6) is 0 Å². The van der Waals surface area contributed by atoms with Gasteiger partial charge in [0.25, 0.3) is 5.56 Å². The lowest BCUT2D eigenvalue weighted by Gasteiger charge is -2.10. The standard InChI is InChI=1S/C27H27N3O6S2/c1-6-35-26(33)21-18(17-9-7-15(4)8-10-17)12-37-24(21)29-19(31)11-30-13-28-23-20(25(30)32)16(5)22(38-23)27(34)36-14(2)3/h7-10,12-14H,6,11H2,1-5H3,(H,29,31). The van der Waals surface area contributed by atoms with Gasteiger partial charge in [0.2, 0.25) is 5.91 Å². The summed E-state index contributed by atoms with van der Waals surface area (Å²) in [6.07, 6.45) is 0.972. The largest absolute Gasteiger partial charge is 0.462 e. The van der Waals surface area contributed by atoms with Gasteiger partial charge in [0.1, 0.15) is 26.8 Å².